The van der Waals surface area contributed by atoms with Gasteiger partial charge in [-0.3, -0.25) is 4.90 Å². The van der Waals surface area contributed by atoms with Crippen LogP contribution in [0.5, 0.6) is 5.75 Å². The smallest absolute Gasteiger partial charge is 0.410 e. The molecule has 43 heavy (non-hydrogen) atoms. The summed E-state index contributed by atoms with van der Waals surface area (Å²) in [6.07, 6.45) is -0.312. The predicted molar refractivity (Wildman–Crippen MR) is 169 cm³/mol. The van der Waals surface area contributed by atoms with Gasteiger partial charge in [-0.1, -0.05) is 35.9 Å². The highest BCUT2D eigenvalue weighted by Gasteiger charge is 2.29. The van der Waals surface area contributed by atoms with Crippen molar-refractivity contribution in [3.8, 4) is 34.1 Å². The highest BCUT2D eigenvalue weighted by atomic mass is 35.5. The Morgan fingerprint density at radius 3 is 2.21 bits per heavy atom. The Kier molecular flexibility index (Phi) is 8.43. The summed E-state index contributed by atoms with van der Waals surface area (Å²) < 4.78 is 11.5. The average Bonchev–Trinajstić information content (AvgIpc) is 3.32. The summed E-state index contributed by atoms with van der Waals surface area (Å²) in [5, 5.41) is 10.4. The van der Waals surface area contributed by atoms with Gasteiger partial charge < -0.3 is 24.2 Å². The van der Waals surface area contributed by atoms with E-state index in [0.29, 0.717) is 61.3 Å². The number of hydrogen-bond acceptors (Lipinski definition) is 6. The summed E-state index contributed by atoms with van der Waals surface area (Å²) in [5.41, 5.74) is 4.93. The van der Waals surface area contributed by atoms with Gasteiger partial charge in [-0.2, -0.15) is 5.26 Å². The molecule has 3 amide bonds. The molecule has 0 atom stereocenters. The first-order valence-corrected chi connectivity index (χ1v) is 14.6. The fourth-order valence-corrected chi connectivity index (χ4v) is 5.75. The second-order valence-electron chi connectivity index (χ2n) is 11.7. The molecule has 224 valence electrons. The number of carbonyl (C=O) groups excluding carboxylic acids is 2. The van der Waals surface area contributed by atoms with E-state index in [9.17, 15) is 14.9 Å². The van der Waals surface area contributed by atoms with Gasteiger partial charge in [-0.25, -0.2) is 9.59 Å². The zero-order valence-corrected chi connectivity index (χ0v) is 25.9. The molecule has 2 heterocycles. The molecule has 0 aromatic heterocycles. The third-order valence-corrected chi connectivity index (χ3v) is 7.94. The number of carbonyl (C=O) groups is 2. The molecule has 2 aliphatic heterocycles. The summed E-state index contributed by atoms with van der Waals surface area (Å²) in [6.45, 7) is 9.09. The molecule has 3 aromatic rings. The van der Waals surface area contributed by atoms with Gasteiger partial charge in [0.15, 0.2) is 0 Å². The number of amides is 3. The van der Waals surface area contributed by atoms with Gasteiger partial charge in [0.25, 0.3) is 0 Å². The van der Waals surface area contributed by atoms with Gasteiger partial charge in [0.2, 0.25) is 0 Å². The van der Waals surface area contributed by atoms with E-state index in [1.807, 2.05) is 69.3 Å². The van der Waals surface area contributed by atoms with Crippen LogP contribution in [-0.2, 0) is 4.74 Å². The molecule has 0 saturated carbocycles. The van der Waals surface area contributed by atoms with Gasteiger partial charge >= 0.3 is 12.1 Å². The van der Waals surface area contributed by atoms with E-state index in [1.165, 1.54) is 0 Å². The van der Waals surface area contributed by atoms with Gasteiger partial charge in [-0.15, -0.1) is 0 Å². The molecule has 5 rings (SSSR count). The Labute approximate surface area is 257 Å². The number of ether oxygens (including phenoxy) is 2. The fourth-order valence-electron chi connectivity index (χ4n) is 5.46. The van der Waals surface area contributed by atoms with Crippen LogP contribution in [0.15, 0.2) is 54.6 Å². The predicted octanol–water partition coefficient (Wildman–Crippen LogP) is 6.48. The van der Waals surface area contributed by atoms with E-state index in [4.69, 9.17) is 21.1 Å². The van der Waals surface area contributed by atoms with E-state index in [0.717, 1.165) is 27.9 Å². The van der Waals surface area contributed by atoms with Crippen molar-refractivity contribution >= 4 is 35.1 Å². The number of anilines is 2. The van der Waals surface area contributed by atoms with E-state index < -0.39 is 5.60 Å². The van der Waals surface area contributed by atoms with Crippen molar-refractivity contribution in [2.24, 2.45) is 0 Å². The lowest BCUT2D eigenvalue weighted by molar-refractivity contribution is 0.0240. The summed E-state index contributed by atoms with van der Waals surface area (Å²) in [7, 11) is 3.40. The monoisotopic (exact) mass is 601 g/mol. The van der Waals surface area contributed by atoms with Crippen LogP contribution >= 0.6 is 11.6 Å². The molecule has 0 aliphatic carbocycles. The number of likely N-dealkylation sites (N-methyl/N-ethyl adjacent to an activating group) is 1. The average molecular weight is 602 g/mol. The number of urea groups is 1. The Morgan fingerprint density at radius 1 is 0.930 bits per heavy atom. The third-order valence-electron chi connectivity index (χ3n) is 7.64. The lowest BCUT2D eigenvalue weighted by Crippen LogP contribution is -2.50. The zero-order chi connectivity index (χ0) is 30.9. The lowest BCUT2D eigenvalue weighted by Gasteiger charge is -2.37. The number of methoxy groups -OCH3 is 1. The SMILES string of the molecule is COc1c(-c2cc(C#N)cc(N3CCN(C(=O)OC(C)(C)C)CC3)c2)cccc1-c1ccc(N2CCN(C)C2=O)c(Cl)c1. The normalized spacial score (nSPS) is 15.5. The molecule has 2 saturated heterocycles. The van der Waals surface area contributed by atoms with Crippen LogP contribution in [0.3, 0.4) is 0 Å². The molecule has 0 radical (unpaired) electrons. The molecule has 9 nitrogen and oxygen atoms in total. The van der Waals surface area contributed by atoms with E-state index in [-0.39, 0.29) is 12.1 Å². The van der Waals surface area contributed by atoms with E-state index in [1.54, 1.807) is 28.9 Å². The Morgan fingerprint density at radius 2 is 1.63 bits per heavy atom. The maximum atomic E-state index is 12.6. The first kappa shape index (κ1) is 30.1. The summed E-state index contributed by atoms with van der Waals surface area (Å²) in [5.74, 6) is 0.652. The van der Waals surface area contributed by atoms with Crippen molar-refractivity contribution < 1.29 is 19.1 Å². The summed E-state index contributed by atoms with van der Waals surface area (Å²) in [4.78, 5) is 32.3. The number of hydrogen-bond donors (Lipinski definition) is 0. The number of rotatable bonds is 5. The van der Waals surface area contributed by atoms with Crippen molar-refractivity contribution in [2.75, 3.05) is 63.2 Å². The molecule has 0 bridgehead atoms. The van der Waals surface area contributed by atoms with Crippen LogP contribution < -0.4 is 14.5 Å². The van der Waals surface area contributed by atoms with Gasteiger partial charge in [0.1, 0.15) is 11.4 Å². The number of piperazine rings is 1. The Hall–Kier alpha value is -4.42. The van der Waals surface area contributed by atoms with Crippen molar-refractivity contribution in [3.05, 3.63) is 65.2 Å². The molecule has 0 N–H and O–H groups in total. The Balaban J connectivity index is 1.43. The largest absolute Gasteiger partial charge is 0.495 e. The maximum Gasteiger partial charge on any atom is 0.410 e. The molecule has 2 fully saturated rings. The number of nitrogens with zero attached hydrogens (tertiary/aromatic N) is 5. The number of benzene rings is 3. The van der Waals surface area contributed by atoms with Crippen LogP contribution in [0.1, 0.15) is 26.3 Å². The van der Waals surface area contributed by atoms with Crippen molar-refractivity contribution in [1.29, 1.82) is 5.26 Å². The molecule has 0 unspecified atom stereocenters. The number of halogens is 1. The van der Waals surface area contributed by atoms with Gasteiger partial charge in [0.05, 0.1) is 29.5 Å². The van der Waals surface area contributed by atoms with Crippen molar-refractivity contribution in [2.45, 2.75) is 26.4 Å². The van der Waals surface area contributed by atoms with Crippen LogP contribution in [0.25, 0.3) is 22.3 Å². The molecule has 2 aliphatic rings. The first-order chi connectivity index (χ1) is 20.5. The minimum atomic E-state index is -0.546. The molecule has 10 heteroatoms. The molecule has 3 aromatic carbocycles. The van der Waals surface area contributed by atoms with Gasteiger partial charge in [0, 0.05) is 63.1 Å². The van der Waals surface area contributed by atoms with E-state index in [2.05, 4.69) is 17.0 Å². The minimum Gasteiger partial charge on any atom is -0.495 e. The summed E-state index contributed by atoms with van der Waals surface area (Å²) in [6, 6.07) is 19.5. The van der Waals surface area contributed by atoms with E-state index >= 15 is 0 Å². The van der Waals surface area contributed by atoms with Crippen LogP contribution in [-0.4, -0.2) is 81.0 Å². The highest BCUT2D eigenvalue weighted by Crippen LogP contribution is 2.42. The molecule has 0 spiro atoms. The minimum absolute atomic E-state index is 0.0753. The zero-order valence-electron chi connectivity index (χ0n) is 25.2. The molecular formula is C33H36ClN5O4. The Bertz CT molecular complexity index is 1590. The number of para-hydroxylation sites is 1. The fraction of sp³-hybridized carbons (Fsp3) is 0.364. The second-order valence-corrected chi connectivity index (χ2v) is 12.2. The number of nitriles is 1. The van der Waals surface area contributed by atoms with Crippen LogP contribution in [0.2, 0.25) is 5.02 Å². The second kappa shape index (κ2) is 12.1. The van der Waals surface area contributed by atoms with Crippen LogP contribution in [0, 0.1) is 11.3 Å². The van der Waals surface area contributed by atoms with Gasteiger partial charge in [-0.05, 0) is 62.2 Å². The maximum absolute atomic E-state index is 12.6. The van der Waals surface area contributed by atoms with Crippen molar-refractivity contribution in [3.63, 3.8) is 0 Å². The standard InChI is InChI=1S/C33H36ClN5O4/c1-33(2,3)43-32(41)38-14-12-37(13-15-38)25-18-22(21-35)17-24(19-25)27-8-6-7-26(30(27)42-5)23-9-10-29(28(34)20-23)39-16-11-36(4)31(39)40/h6-10,17-20H,11-16H2,1-5H3. The van der Waals surface area contributed by atoms with Crippen molar-refractivity contribution in [1.82, 2.24) is 9.80 Å². The third kappa shape index (κ3) is 6.35. The molecular weight excluding hydrogens is 566 g/mol. The quantitative estimate of drug-likeness (QED) is 0.332. The topological polar surface area (TPSA) is 89.3 Å². The highest BCUT2D eigenvalue weighted by molar-refractivity contribution is 6.34. The lowest BCUT2D eigenvalue weighted by atomic mass is 9.95. The summed E-state index contributed by atoms with van der Waals surface area (Å²) >= 11 is 6.71. The van der Waals surface area contributed by atoms with Crippen LogP contribution in [0.4, 0.5) is 21.0 Å². The first-order valence-electron chi connectivity index (χ1n) is 14.3.